The van der Waals surface area contributed by atoms with E-state index in [-0.39, 0.29) is 20.3 Å². The summed E-state index contributed by atoms with van der Waals surface area (Å²) in [4.78, 5) is 23.3. The Hall–Kier alpha value is -3.08. The third-order valence-electron chi connectivity index (χ3n) is 4.59. The van der Waals surface area contributed by atoms with Crippen LogP contribution in [0.5, 0.6) is 5.75 Å². The molecule has 0 aliphatic rings. The third kappa shape index (κ3) is 14.4. The highest BCUT2D eigenvalue weighted by atomic mass is 16.6. The number of aliphatic carboxylic acids is 1. The average molecular weight is 502 g/mol. The fourth-order valence-corrected chi connectivity index (χ4v) is 2.98. The van der Waals surface area contributed by atoms with Crippen molar-refractivity contribution in [3.8, 4) is 5.75 Å². The van der Waals surface area contributed by atoms with Crippen molar-refractivity contribution in [2.24, 2.45) is 11.7 Å². The summed E-state index contributed by atoms with van der Waals surface area (Å²) in [5.74, 6) is 0.0893. The topological polar surface area (TPSA) is 140 Å². The number of carboxylic acids is 1. The molecule has 9 nitrogen and oxygen atoms in total. The van der Waals surface area contributed by atoms with Gasteiger partial charge in [-0.25, -0.2) is 9.59 Å². The van der Waals surface area contributed by atoms with Crippen LogP contribution in [0.4, 0.5) is 4.79 Å². The zero-order valence-electron chi connectivity index (χ0n) is 21.8. The van der Waals surface area contributed by atoms with Crippen LogP contribution in [0.25, 0.3) is 0 Å². The van der Waals surface area contributed by atoms with Gasteiger partial charge in [0.1, 0.15) is 24.0 Å². The molecule has 0 heterocycles. The number of benzene rings is 2. The molecule has 0 saturated carbocycles. The van der Waals surface area contributed by atoms with Crippen molar-refractivity contribution in [1.29, 1.82) is 0 Å². The molecule has 0 unspecified atom stereocenters. The van der Waals surface area contributed by atoms with Gasteiger partial charge in [0, 0.05) is 6.42 Å². The van der Waals surface area contributed by atoms with Crippen LogP contribution < -0.4 is 15.8 Å². The van der Waals surface area contributed by atoms with Crippen LogP contribution in [0.3, 0.4) is 0 Å². The van der Waals surface area contributed by atoms with Crippen molar-refractivity contribution < 1.29 is 33.8 Å². The number of carbonyl (C=O) groups is 2. The van der Waals surface area contributed by atoms with Gasteiger partial charge in [0.15, 0.2) is 0 Å². The number of alkyl carbamates (subject to hydrolysis) is 1. The van der Waals surface area contributed by atoms with Gasteiger partial charge in [-0.05, 0) is 56.4 Å². The molecular weight excluding hydrogens is 463 g/mol. The number of hydrogen-bond donors (Lipinski definition) is 4. The summed E-state index contributed by atoms with van der Waals surface area (Å²) in [5, 5.41) is 20.0. The number of carbonyl (C=O) groups excluding carboxylic acids is 1. The van der Waals surface area contributed by atoms with Gasteiger partial charge in [0.25, 0.3) is 0 Å². The minimum Gasteiger partial charge on any atom is -0.489 e. The summed E-state index contributed by atoms with van der Waals surface area (Å²) >= 11 is 0. The Morgan fingerprint density at radius 3 is 2.14 bits per heavy atom. The Morgan fingerprint density at radius 1 is 1.03 bits per heavy atom. The van der Waals surface area contributed by atoms with Crippen molar-refractivity contribution in [1.82, 2.24) is 5.32 Å². The Bertz CT molecular complexity index is 903. The van der Waals surface area contributed by atoms with Gasteiger partial charge in [-0.2, -0.15) is 0 Å². The number of carboxylic acid groups (broad SMARTS) is 1. The first kappa shape index (κ1) is 31.0. The summed E-state index contributed by atoms with van der Waals surface area (Å²) in [5.41, 5.74) is 6.55. The molecule has 0 bridgehead atoms. The first-order valence-electron chi connectivity index (χ1n) is 11.9. The van der Waals surface area contributed by atoms with Gasteiger partial charge in [-0.1, -0.05) is 56.3 Å². The molecule has 2 atom stereocenters. The lowest BCUT2D eigenvalue weighted by molar-refractivity contribution is -0.139. The minimum atomic E-state index is -1.12. The molecule has 0 saturated heterocycles. The fraction of sp³-hybridized carbons (Fsp3) is 0.462. The number of nitrogens with two attached hydrogens (primary N) is 1. The van der Waals surface area contributed by atoms with Crippen LogP contribution in [0.2, 0.25) is 0 Å². The molecule has 2 aromatic rings. The van der Waals surface area contributed by atoms with E-state index in [0.29, 0.717) is 18.3 Å². The first-order chi connectivity index (χ1) is 16.9. The third-order valence-corrected chi connectivity index (χ3v) is 4.59. The molecule has 0 aliphatic carbocycles. The summed E-state index contributed by atoms with van der Waals surface area (Å²) in [6.45, 7) is 9.73. The lowest BCUT2D eigenvalue weighted by Crippen LogP contribution is -2.44. The van der Waals surface area contributed by atoms with E-state index in [1.54, 1.807) is 45.0 Å². The second kappa shape index (κ2) is 15.8. The predicted octanol–water partition coefficient (Wildman–Crippen LogP) is 3.38. The molecule has 0 spiro atoms. The molecule has 0 radical (unpaired) electrons. The van der Waals surface area contributed by atoms with E-state index in [4.69, 9.17) is 20.2 Å². The molecule has 36 heavy (non-hydrogen) atoms. The largest absolute Gasteiger partial charge is 0.489 e. The summed E-state index contributed by atoms with van der Waals surface area (Å²) < 4.78 is 15.5. The monoisotopic (exact) mass is 502 g/mol. The Balaban J connectivity index is 0.000000613. The maximum Gasteiger partial charge on any atom is 0.436 e. The van der Waals surface area contributed by atoms with Crippen LogP contribution in [0.1, 0.15) is 52.2 Å². The normalized spacial score (nSPS) is 12.6. The molecule has 1 amide bonds. The van der Waals surface area contributed by atoms with E-state index in [9.17, 15) is 14.7 Å². The lowest BCUT2D eigenvalue weighted by Gasteiger charge is -2.22. The maximum atomic E-state index is 11.8. The van der Waals surface area contributed by atoms with Crippen molar-refractivity contribution in [2.75, 3.05) is 0 Å². The van der Waals surface area contributed by atoms with Gasteiger partial charge in [-0.15, -0.1) is 0 Å². The van der Waals surface area contributed by atoms with Crippen molar-refractivity contribution in [2.45, 2.75) is 71.9 Å². The number of hydrogen-bond acceptors (Lipinski definition) is 7. The van der Waals surface area contributed by atoms with E-state index >= 15 is 0 Å². The molecule has 2 aromatic carbocycles. The SMILES string of the molecule is CC(C)(C)OC(=O)N[C@@H](Cc1ccc(OCc2ccccc2)cc1)C(=O)O.CC(C)C[C@H](N)OBO. The van der Waals surface area contributed by atoms with Crippen LogP contribution >= 0.6 is 0 Å². The van der Waals surface area contributed by atoms with E-state index in [0.717, 1.165) is 17.5 Å². The summed E-state index contributed by atoms with van der Waals surface area (Å²) in [7, 11) is -0.284. The highest BCUT2D eigenvalue weighted by Gasteiger charge is 2.24. The van der Waals surface area contributed by atoms with Crippen molar-refractivity contribution in [3.63, 3.8) is 0 Å². The van der Waals surface area contributed by atoms with Gasteiger partial charge in [0.2, 0.25) is 0 Å². The minimum absolute atomic E-state index is 0.146. The van der Waals surface area contributed by atoms with Gasteiger partial charge >= 0.3 is 19.7 Å². The number of ether oxygens (including phenoxy) is 2. The number of nitrogens with one attached hydrogen (secondary N) is 1. The quantitative estimate of drug-likeness (QED) is 0.271. The lowest BCUT2D eigenvalue weighted by atomic mass is 10.1. The molecule has 5 N–H and O–H groups in total. The van der Waals surface area contributed by atoms with Crippen molar-refractivity contribution >= 4 is 19.7 Å². The molecule has 198 valence electrons. The second-order valence-corrected chi connectivity index (χ2v) is 9.62. The average Bonchev–Trinajstić information content (AvgIpc) is 2.77. The number of amides is 1. The van der Waals surface area contributed by atoms with Crippen LogP contribution in [-0.4, -0.2) is 47.7 Å². The van der Waals surface area contributed by atoms with Gasteiger partial charge in [0.05, 0.1) is 6.23 Å². The zero-order chi connectivity index (χ0) is 27.1. The van der Waals surface area contributed by atoms with E-state index in [2.05, 4.69) is 23.8 Å². The van der Waals surface area contributed by atoms with Crippen molar-refractivity contribution in [3.05, 3.63) is 65.7 Å². The molecule has 0 aromatic heterocycles. The molecule has 10 heteroatoms. The van der Waals surface area contributed by atoms with E-state index < -0.39 is 23.7 Å². The highest BCUT2D eigenvalue weighted by molar-refractivity contribution is 6.15. The smallest absolute Gasteiger partial charge is 0.436 e. The molecular formula is C26H39BN2O7. The highest BCUT2D eigenvalue weighted by Crippen LogP contribution is 2.16. The van der Waals surface area contributed by atoms with Crippen LogP contribution in [0, 0.1) is 5.92 Å². The fourth-order valence-electron chi connectivity index (χ4n) is 2.98. The zero-order valence-corrected chi connectivity index (χ0v) is 21.8. The predicted molar refractivity (Wildman–Crippen MR) is 140 cm³/mol. The standard InChI is InChI=1S/C21H25NO5.C5H14BNO2/c1-21(2,3)27-20(25)22-18(19(23)24)13-15-9-11-17(12-10-15)26-14-16-7-5-4-6-8-16;1-4(2)3-5(7)9-6-8/h4-12,18H,13-14H2,1-3H3,(H,22,25)(H,23,24);4-6,8H,3,7H2,1-2H3/t18-;5-/m01/s1. The molecule has 0 fully saturated rings. The Labute approximate surface area is 214 Å². The van der Waals surface area contributed by atoms with E-state index in [1.165, 1.54) is 0 Å². The Morgan fingerprint density at radius 2 is 1.64 bits per heavy atom. The van der Waals surface area contributed by atoms with E-state index in [1.807, 2.05) is 30.3 Å². The summed E-state index contributed by atoms with van der Waals surface area (Å²) in [6, 6.07) is 15.9. The van der Waals surface area contributed by atoms with Crippen LogP contribution in [-0.2, 0) is 27.2 Å². The maximum absolute atomic E-state index is 11.8. The number of rotatable bonds is 11. The molecule has 0 aliphatic heterocycles. The second-order valence-electron chi connectivity index (χ2n) is 9.62. The Kier molecular flexibility index (Phi) is 13.6. The first-order valence-corrected chi connectivity index (χ1v) is 11.9. The summed E-state index contributed by atoms with van der Waals surface area (Å²) in [6.07, 6.45) is -0.124. The van der Waals surface area contributed by atoms with Gasteiger partial charge < -0.3 is 35.3 Å². The molecule has 2 rings (SSSR count). The van der Waals surface area contributed by atoms with Crippen LogP contribution in [0.15, 0.2) is 54.6 Å². The van der Waals surface area contributed by atoms with Gasteiger partial charge in [-0.3, -0.25) is 0 Å².